The molecule has 0 spiro atoms. The molecular formula is C20H16ClN3O3. The summed E-state index contributed by atoms with van der Waals surface area (Å²) >= 11 is 5.94. The van der Waals surface area contributed by atoms with Crippen LogP contribution in [0.3, 0.4) is 0 Å². The van der Waals surface area contributed by atoms with Gasteiger partial charge < -0.3 is 9.64 Å². The second kappa shape index (κ2) is 6.32. The molecule has 0 saturated carbocycles. The fraction of sp³-hybridized carbons (Fsp3) is 0.200. The molecule has 0 amide bonds. The van der Waals surface area contributed by atoms with Crippen LogP contribution < -0.4 is 4.90 Å². The quantitative estimate of drug-likeness (QED) is 0.394. The van der Waals surface area contributed by atoms with E-state index in [-0.39, 0.29) is 6.54 Å². The maximum Gasteiger partial charge on any atom is 0.327 e. The topological polar surface area (TPSA) is 72.4 Å². The zero-order valence-electron chi connectivity index (χ0n) is 14.8. The van der Waals surface area contributed by atoms with Gasteiger partial charge in [-0.05, 0) is 36.7 Å². The van der Waals surface area contributed by atoms with Crippen molar-refractivity contribution >= 4 is 45.2 Å². The highest BCUT2D eigenvalue weighted by atomic mass is 35.5. The van der Waals surface area contributed by atoms with Crippen molar-refractivity contribution < 1.29 is 14.3 Å². The van der Waals surface area contributed by atoms with Gasteiger partial charge >= 0.3 is 5.97 Å². The largest absolute Gasteiger partial charge is 0.468 e. The van der Waals surface area contributed by atoms with Gasteiger partial charge in [-0.2, -0.15) is 0 Å². The van der Waals surface area contributed by atoms with Crippen LogP contribution in [-0.4, -0.2) is 34.8 Å². The lowest BCUT2D eigenvalue weighted by atomic mass is 9.84. The fourth-order valence-electron chi connectivity index (χ4n) is 3.65. The lowest BCUT2D eigenvalue weighted by Gasteiger charge is -2.25. The summed E-state index contributed by atoms with van der Waals surface area (Å²) in [5.74, 6) is -0.193. The molecule has 3 heterocycles. The molecule has 1 aliphatic rings. The number of aryl methyl sites for hydroxylation is 1. The molecule has 136 valence electrons. The highest BCUT2D eigenvalue weighted by molar-refractivity contribution is 6.67. The van der Waals surface area contributed by atoms with Crippen LogP contribution in [0.4, 0.5) is 11.5 Å². The third-order valence-corrected chi connectivity index (χ3v) is 5.20. The minimum atomic E-state index is -1.63. The number of fused-ring (bicyclic) bond motifs is 2. The van der Waals surface area contributed by atoms with Gasteiger partial charge in [0.05, 0.1) is 24.9 Å². The van der Waals surface area contributed by atoms with Gasteiger partial charge in [-0.1, -0.05) is 24.3 Å². The molecule has 6 nitrogen and oxygen atoms in total. The van der Waals surface area contributed by atoms with E-state index >= 15 is 0 Å². The van der Waals surface area contributed by atoms with Crippen LogP contribution in [0.5, 0.6) is 0 Å². The molecule has 1 aliphatic heterocycles. The molecule has 7 heteroatoms. The molecule has 0 radical (unpaired) electrons. The van der Waals surface area contributed by atoms with E-state index in [9.17, 15) is 9.59 Å². The van der Waals surface area contributed by atoms with E-state index in [0.29, 0.717) is 11.4 Å². The average molecular weight is 382 g/mol. The number of rotatable bonds is 3. The summed E-state index contributed by atoms with van der Waals surface area (Å²) < 4.78 is 4.94. The maximum absolute atomic E-state index is 12.7. The Morgan fingerprint density at radius 3 is 2.74 bits per heavy atom. The number of ether oxygens (including phenoxy) is 1. The van der Waals surface area contributed by atoms with E-state index < -0.39 is 16.6 Å². The van der Waals surface area contributed by atoms with E-state index in [2.05, 4.69) is 9.97 Å². The molecule has 0 bridgehead atoms. The summed E-state index contributed by atoms with van der Waals surface area (Å²) in [6, 6.07) is 13.0. The van der Waals surface area contributed by atoms with Gasteiger partial charge in [0.15, 0.2) is 5.41 Å². The van der Waals surface area contributed by atoms with Crippen LogP contribution in [-0.2, 0) is 19.7 Å². The number of hydrogen-bond donors (Lipinski definition) is 0. The van der Waals surface area contributed by atoms with Gasteiger partial charge in [-0.3, -0.25) is 14.6 Å². The lowest BCUT2D eigenvalue weighted by molar-refractivity contribution is -0.149. The number of halogens is 1. The number of carbonyl (C=O) groups excluding carboxylic acids is 2. The summed E-state index contributed by atoms with van der Waals surface area (Å²) in [6.45, 7) is 1.91. The van der Waals surface area contributed by atoms with Crippen molar-refractivity contribution in [3.8, 4) is 0 Å². The van der Waals surface area contributed by atoms with Crippen molar-refractivity contribution in [3.63, 3.8) is 0 Å². The van der Waals surface area contributed by atoms with Crippen molar-refractivity contribution in [3.05, 3.63) is 59.9 Å². The van der Waals surface area contributed by atoms with E-state index in [0.717, 1.165) is 22.3 Å². The van der Waals surface area contributed by atoms with Crippen molar-refractivity contribution in [2.24, 2.45) is 0 Å². The molecule has 0 N–H and O–H groups in total. The van der Waals surface area contributed by atoms with Gasteiger partial charge in [0.25, 0.3) is 0 Å². The zero-order valence-corrected chi connectivity index (χ0v) is 15.5. The van der Waals surface area contributed by atoms with E-state index in [1.807, 2.05) is 42.2 Å². The Balaban J connectivity index is 2.00. The Hall–Kier alpha value is -2.99. The number of nitrogens with zero attached hydrogens (tertiary/aromatic N) is 3. The SMILES string of the molecule is COC(=O)C1(C(=O)Cl)CN(c2cc(C)nc3ccccc23)c2ncccc21. The first-order chi connectivity index (χ1) is 13.0. The van der Waals surface area contributed by atoms with Gasteiger partial charge in [-0.25, -0.2) is 4.98 Å². The Bertz CT molecular complexity index is 1090. The predicted octanol–water partition coefficient (Wildman–Crippen LogP) is 3.27. The number of esters is 1. The van der Waals surface area contributed by atoms with Crippen molar-refractivity contribution in [1.29, 1.82) is 0 Å². The maximum atomic E-state index is 12.7. The molecule has 27 heavy (non-hydrogen) atoms. The van der Waals surface area contributed by atoms with Crippen LogP contribution in [0.15, 0.2) is 48.7 Å². The molecule has 1 unspecified atom stereocenters. The first-order valence-corrected chi connectivity index (χ1v) is 8.74. The molecule has 3 aromatic rings. The molecule has 1 aromatic carbocycles. The number of aromatic nitrogens is 2. The Morgan fingerprint density at radius 1 is 1.22 bits per heavy atom. The van der Waals surface area contributed by atoms with Crippen LogP contribution in [0.2, 0.25) is 0 Å². The summed E-state index contributed by atoms with van der Waals surface area (Å²) in [4.78, 5) is 35.9. The van der Waals surface area contributed by atoms with Crippen LogP contribution in [0.1, 0.15) is 11.3 Å². The molecule has 0 fully saturated rings. The number of para-hydroxylation sites is 1. The Labute approximate surface area is 160 Å². The Morgan fingerprint density at radius 2 is 2.00 bits per heavy atom. The van der Waals surface area contributed by atoms with Gasteiger partial charge in [-0.15, -0.1) is 0 Å². The minimum Gasteiger partial charge on any atom is -0.468 e. The van der Waals surface area contributed by atoms with E-state index in [1.165, 1.54) is 7.11 Å². The summed E-state index contributed by atoms with van der Waals surface area (Å²) in [5.41, 5.74) is 1.25. The smallest absolute Gasteiger partial charge is 0.327 e. The van der Waals surface area contributed by atoms with Crippen LogP contribution >= 0.6 is 11.6 Å². The number of methoxy groups -OCH3 is 1. The second-order valence-corrected chi connectivity index (χ2v) is 6.77. The number of hydrogen-bond acceptors (Lipinski definition) is 6. The monoisotopic (exact) mass is 381 g/mol. The highest BCUT2D eigenvalue weighted by Gasteiger charge is 2.56. The van der Waals surface area contributed by atoms with Gasteiger partial charge in [0.1, 0.15) is 5.82 Å². The number of anilines is 2. The van der Waals surface area contributed by atoms with Crippen LogP contribution in [0.25, 0.3) is 10.9 Å². The number of carbonyl (C=O) groups is 2. The van der Waals surface area contributed by atoms with Crippen molar-refractivity contribution in [2.75, 3.05) is 18.6 Å². The zero-order chi connectivity index (χ0) is 19.2. The summed E-state index contributed by atoms with van der Waals surface area (Å²) in [6.07, 6.45) is 1.62. The van der Waals surface area contributed by atoms with Gasteiger partial charge in [0.2, 0.25) is 5.24 Å². The summed E-state index contributed by atoms with van der Waals surface area (Å²) in [5, 5.41) is 0.101. The molecular weight excluding hydrogens is 366 g/mol. The summed E-state index contributed by atoms with van der Waals surface area (Å²) in [7, 11) is 1.24. The van der Waals surface area contributed by atoms with E-state index in [4.69, 9.17) is 16.3 Å². The minimum absolute atomic E-state index is 0.0157. The molecule has 2 aromatic heterocycles. The number of pyridine rings is 2. The number of benzene rings is 1. The third kappa shape index (κ3) is 2.48. The predicted molar refractivity (Wildman–Crippen MR) is 102 cm³/mol. The normalized spacial score (nSPS) is 18.4. The van der Waals surface area contributed by atoms with Crippen molar-refractivity contribution in [1.82, 2.24) is 9.97 Å². The van der Waals surface area contributed by atoms with Gasteiger partial charge in [0, 0.05) is 22.8 Å². The molecule has 1 atom stereocenters. The van der Waals surface area contributed by atoms with Crippen LogP contribution in [0, 0.1) is 6.92 Å². The standard InChI is InChI=1S/C20H16ClN3O3/c1-12-10-16(13-6-3-4-8-15(13)23-12)24-11-20(18(21)25,19(26)27-2)14-7-5-9-22-17(14)24/h3-10H,11H2,1-2H3. The first kappa shape index (κ1) is 17.4. The lowest BCUT2D eigenvalue weighted by Crippen LogP contribution is -2.45. The highest BCUT2D eigenvalue weighted by Crippen LogP contribution is 2.46. The molecule has 0 saturated heterocycles. The third-order valence-electron chi connectivity index (χ3n) is 4.88. The van der Waals surface area contributed by atoms with Crippen molar-refractivity contribution in [2.45, 2.75) is 12.3 Å². The fourth-order valence-corrected chi connectivity index (χ4v) is 3.89. The average Bonchev–Trinajstić information content (AvgIpc) is 3.03. The second-order valence-electron chi connectivity index (χ2n) is 6.43. The van der Waals surface area contributed by atoms with E-state index in [1.54, 1.807) is 18.3 Å². The molecule has 0 aliphatic carbocycles. The first-order valence-electron chi connectivity index (χ1n) is 8.37. The molecule has 4 rings (SSSR count). The Kier molecular flexibility index (Phi) is 4.08.